The van der Waals surface area contributed by atoms with Crippen molar-refractivity contribution in [1.82, 2.24) is 4.98 Å². The summed E-state index contributed by atoms with van der Waals surface area (Å²) in [5.41, 5.74) is 3.74. The predicted molar refractivity (Wildman–Crippen MR) is 45.0 cm³/mol. The molecule has 1 aromatic rings. The molecule has 0 radical (unpaired) electrons. The van der Waals surface area contributed by atoms with Crippen LogP contribution in [0.5, 0.6) is 0 Å². The van der Waals surface area contributed by atoms with E-state index in [1.807, 2.05) is 6.08 Å². The maximum atomic E-state index is 3.73. The van der Waals surface area contributed by atoms with Crippen LogP contribution < -0.4 is 0 Å². The second-order valence-corrected chi connectivity index (χ2v) is 2.44. The second kappa shape index (κ2) is 2.74. The van der Waals surface area contributed by atoms with E-state index >= 15 is 0 Å². The molecule has 0 fully saturated rings. The smallest absolute Gasteiger partial charge is 0.0219 e. The molecule has 1 N–H and O–H groups in total. The molecule has 0 atom stereocenters. The minimum atomic E-state index is 1.05. The van der Waals surface area contributed by atoms with Crippen molar-refractivity contribution in [2.45, 2.75) is 20.3 Å². The van der Waals surface area contributed by atoms with E-state index in [0.29, 0.717) is 0 Å². The Hall–Kier alpha value is -0.980. The molecule has 1 aromatic heterocycles. The van der Waals surface area contributed by atoms with E-state index in [4.69, 9.17) is 0 Å². The highest BCUT2D eigenvalue weighted by molar-refractivity contribution is 5.51. The highest BCUT2D eigenvalue weighted by Gasteiger charge is 1.98. The van der Waals surface area contributed by atoms with Crippen molar-refractivity contribution in [3.63, 3.8) is 0 Å². The number of rotatable bonds is 2. The SMILES string of the molecule is C=Cc1cc(C)[nH]c1CC. The maximum absolute atomic E-state index is 3.73. The number of aromatic amines is 1. The normalized spacial score (nSPS) is 9.80. The van der Waals surface area contributed by atoms with E-state index in [2.05, 4.69) is 31.5 Å². The van der Waals surface area contributed by atoms with Gasteiger partial charge >= 0.3 is 0 Å². The van der Waals surface area contributed by atoms with Crippen molar-refractivity contribution in [2.24, 2.45) is 0 Å². The average Bonchev–Trinajstić information content (AvgIpc) is 2.30. The van der Waals surface area contributed by atoms with Gasteiger partial charge in [-0.25, -0.2) is 0 Å². The molecule has 0 unspecified atom stereocenters. The Morgan fingerprint density at radius 1 is 1.70 bits per heavy atom. The summed E-state index contributed by atoms with van der Waals surface area (Å²) in [6.07, 6.45) is 2.94. The van der Waals surface area contributed by atoms with Crippen LogP contribution in [0.25, 0.3) is 6.08 Å². The molecule has 0 aromatic carbocycles. The van der Waals surface area contributed by atoms with Gasteiger partial charge in [-0.05, 0) is 25.0 Å². The predicted octanol–water partition coefficient (Wildman–Crippen LogP) is 2.53. The van der Waals surface area contributed by atoms with Crippen LogP contribution >= 0.6 is 0 Å². The molecule has 0 aliphatic rings. The summed E-state index contributed by atoms with van der Waals surface area (Å²) in [6, 6.07) is 2.12. The molecule has 54 valence electrons. The standard InChI is InChI=1S/C9H13N/c1-4-8-6-7(3)10-9(8)5-2/h4,6,10H,1,5H2,2-3H3. The lowest BCUT2D eigenvalue weighted by molar-refractivity contribution is 1.04. The molecule has 1 rings (SSSR count). The van der Waals surface area contributed by atoms with Gasteiger partial charge in [-0.3, -0.25) is 0 Å². The second-order valence-electron chi connectivity index (χ2n) is 2.44. The van der Waals surface area contributed by atoms with Crippen LogP contribution in [0.2, 0.25) is 0 Å². The first-order valence-corrected chi connectivity index (χ1v) is 3.58. The van der Waals surface area contributed by atoms with Gasteiger partial charge in [0.15, 0.2) is 0 Å². The van der Waals surface area contributed by atoms with Crippen LogP contribution in [-0.2, 0) is 6.42 Å². The molecule has 10 heavy (non-hydrogen) atoms. The monoisotopic (exact) mass is 135 g/mol. The van der Waals surface area contributed by atoms with Crippen molar-refractivity contribution >= 4 is 6.08 Å². The van der Waals surface area contributed by atoms with Crippen molar-refractivity contribution < 1.29 is 0 Å². The third kappa shape index (κ3) is 1.13. The Kier molecular flexibility index (Phi) is 1.95. The van der Waals surface area contributed by atoms with E-state index in [0.717, 1.165) is 6.42 Å². The van der Waals surface area contributed by atoms with Crippen LogP contribution in [-0.4, -0.2) is 4.98 Å². The molecule has 1 nitrogen and oxygen atoms in total. The number of nitrogens with one attached hydrogen (secondary N) is 1. The zero-order valence-corrected chi connectivity index (χ0v) is 6.57. The van der Waals surface area contributed by atoms with E-state index < -0.39 is 0 Å². The molecule has 0 aliphatic heterocycles. The fourth-order valence-electron chi connectivity index (χ4n) is 1.14. The lowest BCUT2D eigenvalue weighted by Gasteiger charge is -1.91. The molecule has 0 saturated heterocycles. The van der Waals surface area contributed by atoms with Crippen LogP contribution in [0.3, 0.4) is 0 Å². The van der Waals surface area contributed by atoms with E-state index in [9.17, 15) is 0 Å². The third-order valence-corrected chi connectivity index (χ3v) is 1.64. The van der Waals surface area contributed by atoms with Gasteiger partial charge in [-0.2, -0.15) is 0 Å². The van der Waals surface area contributed by atoms with Gasteiger partial charge in [0.25, 0.3) is 0 Å². The van der Waals surface area contributed by atoms with Crippen LogP contribution in [0.15, 0.2) is 12.6 Å². The van der Waals surface area contributed by atoms with E-state index in [1.54, 1.807) is 0 Å². The molecule has 1 heteroatoms. The minimum Gasteiger partial charge on any atom is -0.362 e. The minimum absolute atomic E-state index is 1.05. The lowest BCUT2D eigenvalue weighted by atomic mass is 10.2. The molecule has 1 heterocycles. The highest BCUT2D eigenvalue weighted by atomic mass is 14.7. The summed E-state index contributed by atoms with van der Waals surface area (Å²) in [6.45, 7) is 7.93. The summed E-state index contributed by atoms with van der Waals surface area (Å²) in [7, 11) is 0. The number of aryl methyl sites for hydroxylation is 2. The Morgan fingerprint density at radius 2 is 2.40 bits per heavy atom. The first-order chi connectivity index (χ1) is 4.77. The number of hydrogen-bond donors (Lipinski definition) is 1. The Bertz CT molecular complexity index is 233. The van der Waals surface area contributed by atoms with E-state index in [-0.39, 0.29) is 0 Å². The molecular formula is C9H13N. The maximum Gasteiger partial charge on any atom is 0.0219 e. The first-order valence-electron chi connectivity index (χ1n) is 3.58. The largest absolute Gasteiger partial charge is 0.362 e. The molecular weight excluding hydrogens is 122 g/mol. The van der Waals surface area contributed by atoms with Gasteiger partial charge in [0.2, 0.25) is 0 Å². The number of H-pyrrole nitrogens is 1. The van der Waals surface area contributed by atoms with Gasteiger partial charge in [-0.1, -0.05) is 19.6 Å². The highest BCUT2D eigenvalue weighted by Crippen LogP contribution is 2.11. The van der Waals surface area contributed by atoms with Crippen molar-refractivity contribution in [3.8, 4) is 0 Å². The van der Waals surface area contributed by atoms with Crippen LogP contribution in [0, 0.1) is 6.92 Å². The van der Waals surface area contributed by atoms with E-state index in [1.165, 1.54) is 17.0 Å². The van der Waals surface area contributed by atoms with Gasteiger partial charge in [0.1, 0.15) is 0 Å². The molecule has 0 spiro atoms. The zero-order valence-electron chi connectivity index (χ0n) is 6.57. The molecule has 0 bridgehead atoms. The molecule has 0 saturated carbocycles. The molecule has 0 amide bonds. The fourth-order valence-corrected chi connectivity index (χ4v) is 1.14. The van der Waals surface area contributed by atoms with Crippen molar-refractivity contribution in [2.75, 3.05) is 0 Å². The zero-order chi connectivity index (χ0) is 7.56. The Labute approximate surface area is 61.8 Å². The summed E-state index contributed by atoms with van der Waals surface area (Å²) in [5.74, 6) is 0. The fraction of sp³-hybridized carbons (Fsp3) is 0.333. The van der Waals surface area contributed by atoms with Crippen LogP contribution in [0.4, 0.5) is 0 Å². The Morgan fingerprint density at radius 3 is 2.80 bits per heavy atom. The topological polar surface area (TPSA) is 15.8 Å². The summed E-state index contributed by atoms with van der Waals surface area (Å²) < 4.78 is 0. The molecule has 0 aliphatic carbocycles. The first kappa shape index (κ1) is 7.13. The number of hydrogen-bond acceptors (Lipinski definition) is 0. The van der Waals surface area contributed by atoms with Gasteiger partial charge in [0, 0.05) is 11.4 Å². The number of aromatic nitrogens is 1. The average molecular weight is 135 g/mol. The summed E-state index contributed by atoms with van der Waals surface area (Å²) in [5, 5.41) is 0. The lowest BCUT2D eigenvalue weighted by Crippen LogP contribution is -1.81. The van der Waals surface area contributed by atoms with Crippen molar-refractivity contribution in [3.05, 3.63) is 29.6 Å². The third-order valence-electron chi connectivity index (χ3n) is 1.64. The Balaban J connectivity index is 3.08. The van der Waals surface area contributed by atoms with Crippen molar-refractivity contribution in [1.29, 1.82) is 0 Å². The van der Waals surface area contributed by atoms with Gasteiger partial charge in [0.05, 0.1) is 0 Å². The quantitative estimate of drug-likeness (QED) is 0.641. The summed E-state index contributed by atoms with van der Waals surface area (Å²) in [4.78, 5) is 3.27. The summed E-state index contributed by atoms with van der Waals surface area (Å²) >= 11 is 0. The van der Waals surface area contributed by atoms with Gasteiger partial charge < -0.3 is 4.98 Å². The van der Waals surface area contributed by atoms with Gasteiger partial charge in [-0.15, -0.1) is 0 Å². The van der Waals surface area contributed by atoms with Crippen LogP contribution in [0.1, 0.15) is 23.9 Å².